The third kappa shape index (κ3) is 7.82. The predicted octanol–water partition coefficient (Wildman–Crippen LogP) is 3.38. The van der Waals surface area contributed by atoms with Gasteiger partial charge in [-0.15, -0.1) is 0 Å². The van der Waals surface area contributed by atoms with Gasteiger partial charge >= 0.3 is 5.97 Å². The lowest BCUT2D eigenvalue weighted by atomic mass is 10.1. The van der Waals surface area contributed by atoms with Crippen LogP contribution in [0.1, 0.15) is 25.0 Å². The van der Waals surface area contributed by atoms with Gasteiger partial charge in [0, 0.05) is 0 Å². The van der Waals surface area contributed by atoms with E-state index < -0.39 is 5.97 Å². The minimum Gasteiger partial charge on any atom is -0.494 e. The summed E-state index contributed by atoms with van der Waals surface area (Å²) in [6, 6.07) is 10.5. The van der Waals surface area contributed by atoms with E-state index in [1.165, 1.54) is 13.3 Å². The van der Waals surface area contributed by atoms with Crippen LogP contribution in [-0.4, -0.2) is 45.0 Å². The fraction of sp³-hybridized carbons (Fsp3) is 0.318. The van der Waals surface area contributed by atoms with Crippen molar-refractivity contribution in [1.29, 1.82) is 0 Å². The summed E-state index contributed by atoms with van der Waals surface area (Å²) in [4.78, 5) is 23.6. The highest BCUT2D eigenvalue weighted by Crippen LogP contribution is 2.36. The Balaban J connectivity index is 1.96. The third-order valence-electron chi connectivity index (χ3n) is 3.89. The molecule has 0 saturated heterocycles. The van der Waals surface area contributed by atoms with Gasteiger partial charge in [-0.2, -0.15) is 5.10 Å². The average molecular weight is 449 g/mol. The first-order valence-corrected chi connectivity index (χ1v) is 10.0. The Labute approximate surface area is 186 Å². The number of benzene rings is 2. The van der Waals surface area contributed by atoms with E-state index >= 15 is 0 Å². The molecule has 166 valence electrons. The Morgan fingerprint density at radius 1 is 1.10 bits per heavy atom. The molecule has 9 heteroatoms. The predicted molar refractivity (Wildman–Crippen MR) is 117 cm³/mol. The normalized spacial score (nSPS) is 10.6. The van der Waals surface area contributed by atoms with Crippen LogP contribution in [0.25, 0.3) is 0 Å². The Kier molecular flexibility index (Phi) is 9.64. The van der Waals surface area contributed by atoms with Gasteiger partial charge in [0.05, 0.1) is 38.0 Å². The van der Waals surface area contributed by atoms with Crippen LogP contribution >= 0.6 is 11.6 Å². The smallest absolute Gasteiger partial charge is 0.344 e. The topological polar surface area (TPSA) is 95.5 Å². The number of halogens is 1. The standard InChI is InChI=1S/C22H25ClN2O6/c1-4-29-17-8-6-15(7-9-17)12-20(26)25-24-13-16-10-18(23)22(19(11-16)28-3)31-14-21(27)30-5-2/h6-11,13H,4-5,12,14H2,1-3H3,(H,25,26)/b24-13-. The van der Waals surface area contributed by atoms with E-state index in [9.17, 15) is 9.59 Å². The number of nitrogens with one attached hydrogen (secondary N) is 1. The molecule has 0 aliphatic rings. The molecule has 1 amide bonds. The van der Waals surface area contributed by atoms with Crippen LogP contribution in [0.15, 0.2) is 41.5 Å². The number of hydrogen-bond acceptors (Lipinski definition) is 7. The largest absolute Gasteiger partial charge is 0.494 e. The van der Waals surface area contributed by atoms with Crippen LogP contribution in [0.2, 0.25) is 5.02 Å². The number of hydrogen-bond donors (Lipinski definition) is 1. The summed E-state index contributed by atoms with van der Waals surface area (Å²) in [5, 5.41) is 4.18. The van der Waals surface area contributed by atoms with Crippen LogP contribution < -0.4 is 19.6 Å². The van der Waals surface area contributed by atoms with E-state index in [4.69, 9.17) is 30.5 Å². The minimum absolute atomic E-state index is 0.175. The fourth-order valence-electron chi connectivity index (χ4n) is 2.56. The number of esters is 1. The van der Waals surface area contributed by atoms with Crippen molar-refractivity contribution in [2.24, 2.45) is 5.10 Å². The molecule has 0 aliphatic heterocycles. The Bertz CT molecular complexity index is 915. The molecule has 2 aromatic carbocycles. The molecule has 0 spiro atoms. The van der Waals surface area contributed by atoms with Crippen molar-refractivity contribution in [2.45, 2.75) is 20.3 Å². The summed E-state index contributed by atoms with van der Waals surface area (Å²) in [6.07, 6.45) is 1.61. The van der Waals surface area contributed by atoms with Gasteiger partial charge in [0.15, 0.2) is 18.1 Å². The van der Waals surface area contributed by atoms with E-state index in [-0.39, 0.29) is 36.3 Å². The van der Waals surface area contributed by atoms with Gasteiger partial charge in [0.1, 0.15) is 5.75 Å². The molecule has 0 radical (unpaired) electrons. The van der Waals surface area contributed by atoms with Crippen molar-refractivity contribution < 1.29 is 28.5 Å². The van der Waals surface area contributed by atoms with E-state index in [2.05, 4.69) is 10.5 Å². The van der Waals surface area contributed by atoms with Crippen molar-refractivity contribution >= 4 is 29.7 Å². The molecular formula is C22H25ClN2O6. The van der Waals surface area contributed by atoms with Crippen molar-refractivity contribution in [1.82, 2.24) is 5.43 Å². The number of amides is 1. The molecule has 0 fully saturated rings. The SMILES string of the molecule is CCOC(=O)COc1c(Cl)cc(/C=N\NC(=O)Cc2ccc(OCC)cc2)cc1OC. The van der Waals surface area contributed by atoms with Crippen LogP contribution in [0.4, 0.5) is 0 Å². The molecule has 1 N–H and O–H groups in total. The molecule has 0 unspecified atom stereocenters. The summed E-state index contributed by atoms with van der Waals surface area (Å²) in [5.41, 5.74) is 3.88. The zero-order chi connectivity index (χ0) is 22.6. The minimum atomic E-state index is -0.512. The van der Waals surface area contributed by atoms with Gasteiger partial charge in [-0.25, -0.2) is 10.2 Å². The van der Waals surface area contributed by atoms with Crippen molar-refractivity contribution in [2.75, 3.05) is 26.9 Å². The van der Waals surface area contributed by atoms with Gasteiger partial charge in [-0.05, 0) is 49.2 Å². The van der Waals surface area contributed by atoms with Gasteiger partial charge in [0.25, 0.3) is 0 Å². The number of ether oxygens (including phenoxy) is 4. The molecule has 0 atom stereocenters. The number of rotatable bonds is 11. The maximum atomic E-state index is 12.1. The Morgan fingerprint density at radius 2 is 1.84 bits per heavy atom. The maximum absolute atomic E-state index is 12.1. The highest BCUT2D eigenvalue weighted by molar-refractivity contribution is 6.32. The van der Waals surface area contributed by atoms with E-state index in [0.717, 1.165) is 11.3 Å². The van der Waals surface area contributed by atoms with Crippen LogP contribution in [-0.2, 0) is 20.7 Å². The number of nitrogens with zero attached hydrogens (tertiary/aromatic N) is 1. The monoisotopic (exact) mass is 448 g/mol. The lowest BCUT2D eigenvalue weighted by molar-refractivity contribution is -0.145. The molecule has 31 heavy (non-hydrogen) atoms. The summed E-state index contributed by atoms with van der Waals surface area (Å²) in [6.45, 7) is 4.16. The third-order valence-corrected chi connectivity index (χ3v) is 4.17. The van der Waals surface area contributed by atoms with Gasteiger partial charge < -0.3 is 18.9 Å². The highest BCUT2D eigenvalue weighted by Gasteiger charge is 2.14. The second-order valence-corrected chi connectivity index (χ2v) is 6.58. The number of carbonyl (C=O) groups excluding carboxylic acids is 2. The lowest BCUT2D eigenvalue weighted by Gasteiger charge is -2.12. The molecule has 2 aromatic rings. The van der Waals surface area contributed by atoms with E-state index in [0.29, 0.717) is 17.9 Å². The molecule has 0 aliphatic carbocycles. The van der Waals surface area contributed by atoms with E-state index in [1.807, 2.05) is 31.2 Å². The Hall–Kier alpha value is -3.26. The van der Waals surface area contributed by atoms with Gasteiger partial charge in [0.2, 0.25) is 5.91 Å². The quantitative estimate of drug-likeness (QED) is 0.321. The second kappa shape index (κ2) is 12.4. The molecule has 0 bridgehead atoms. The first kappa shape index (κ1) is 24.0. The number of methoxy groups -OCH3 is 1. The molecule has 0 aromatic heterocycles. The lowest BCUT2D eigenvalue weighted by Crippen LogP contribution is -2.19. The van der Waals surface area contributed by atoms with Gasteiger partial charge in [-0.1, -0.05) is 23.7 Å². The van der Waals surface area contributed by atoms with E-state index in [1.54, 1.807) is 19.1 Å². The van der Waals surface area contributed by atoms with Crippen molar-refractivity contribution in [3.63, 3.8) is 0 Å². The zero-order valence-electron chi connectivity index (χ0n) is 17.6. The van der Waals surface area contributed by atoms with Crippen molar-refractivity contribution in [3.05, 3.63) is 52.5 Å². The number of carbonyl (C=O) groups is 2. The first-order chi connectivity index (χ1) is 15.0. The molecule has 0 saturated carbocycles. The summed E-state index contributed by atoms with van der Waals surface area (Å²) in [5.74, 6) is 0.507. The van der Waals surface area contributed by atoms with Crippen LogP contribution in [0.5, 0.6) is 17.2 Å². The summed E-state index contributed by atoms with van der Waals surface area (Å²) >= 11 is 6.24. The average Bonchev–Trinajstić information content (AvgIpc) is 2.74. The Morgan fingerprint density at radius 3 is 2.48 bits per heavy atom. The van der Waals surface area contributed by atoms with Crippen LogP contribution in [0.3, 0.4) is 0 Å². The highest BCUT2D eigenvalue weighted by atomic mass is 35.5. The van der Waals surface area contributed by atoms with Crippen molar-refractivity contribution in [3.8, 4) is 17.2 Å². The number of hydrazone groups is 1. The maximum Gasteiger partial charge on any atom is 0.344 e. The summed E-state index contributed by atoms with van der Waals surface area (Å²) in [7, 11) is 1.45. The second-order valence-electron chi connectivity index (χ2n) is 6.17. The van der Waals surface area contributed by atoms with Gasteiger partial charge in [-0.3, -0.25) is 4.79 Å². The first-order valence-electron chi connectivity index (χ1n) is 9.66. The molecule has 0 heterocycles. The fourth-order valence-corrected chi connectivity index (χ4v) is 2.84. The molecular weight excluding hydrogens is 424 g/mol. The summed E-state index contributed by atoms with van der Waals surface area (Å²) < 4.78 is 20.9. The molecule has 8 nitrogen and oxygen atoms in total. The van der Waals surface area contributed by atoms with Crippen LogP contribution in [0, 0.1) is 0 Å². The zero-order valence-corrected chi connectivity index (χ0v) is 18.4. The molecule has 2 rings (SSSR count).